The molecule has 0 spiro atoms. The Kier molecular flexibility index (Phi) is 5.52. The third kappa shape index (κ3) is 3.99. The van der Waals surface area contributed by atoms with Crippen molar-refractivity contribution in [3.05, 3.63) is 41.0 Å². The van der Waals surface area contributed by atoms with E-state index in [4.69, 9.17) is 16.1 Å². The SMILES string of the molecule is O=C(c1cc(-c2cccc(Cl)c2)on1)N1CCN(C(=O)N2CCCCC2)CC1. The molecule has 3 amide bonds. The number of rotatable bonds is 2. The van der Waals surface area contributed by atoms with Crippen molar-refractivity contribution in [2.24, 2.45) is 0 Å². The average molecular weight is 403 g/mol. The zero-order valence-corrected chi connectivity index (χ0v) is 16.4. The van der Waals surface area contributed by atoms with Gasteiger partial charge in [-0.25, -0.2) is 4.79 Å². The fraction of sp³-hybridized carbons (Fsp3) is 0.450. The molecular formula is C20H23ClN4O3. The van der Waals surface area contributed by atoms with Crippen LogP contribution in [0.2, 0.25) is 5.02 Å². The van der Waals surface area contributed by atoms with Crippen molar-refractivity contribution in [1.29, 1.82) is 0 Å². The van der Waals surface area contributed by atoms with Gasteiger partial charge in [0.2, 0.25) is 0 Å². The number of hydrogen-bond donors (Lipinski definition) is 0. The highest BCUT2D eigenvalue weighted by molar-refractivity contribution is 6.30. The summed E-state index contributed by atoms with van der Waals surface area (Å²) >= 11 is 6.01. The number of piperidine rings is 1. The number of benzene rings is 1. The summed E-state index contributed by atoms with van der Waals surface area (Å²) in [7, 11) is 0. The minimum absolute atomic E-state index is 0.0940. The monoisotopic (exact) mass is 402 g/mol. The van der Waals surface area contributed by atoms with E-state index in [2.05, 4.69) is 5.16 Å². The van der Waals surface area contributed by atoms with E-state index in [1.807, 2.05) is 21.9 Å². The van der Waals surface area contributed by atoms with Crippen molar-refractivity contribution >= 4 is 23.5 Å². The summed E-state index contributed by atoms with van der Waals surface area (Å²) in [6.45, 7) is 3.75. The molecule has 4 rings (SSSR count). The van der Waals surface area contributed by atoms with Crippen molar-refractivity contribution in [2.75, 3.05) is 39.3 Å². The Morgan fingerprint density at radius 1 is 0.893 bits per heavy atom. The maximum Gasteiger partial charge on any atom is 0.320 e. The molecule has 7 nitrogen and oxygen atoms in total. The maximum atomic E-state index is 12.8. The quantitative estimate of drug-likeness (QED) is 0.772. The second kappa shape index (κ2) is 8.22. The standard InChI is InChI=1S/C20H23ClN4O3/c21-16-6-4-5-15(13-16)18-14-17(22-28-18)19(26)23-9-11-25(12-10-23)20(27)24-7-2-1-3-8-24/h4-6,13-14H,1-3,7-12H2. The number of nitrogens with zero attached hydrogens (tertiary/aromatic N) is 4. The molecule has 2 aromatic rings. The van der Waals surface area contributed by atoms with Gasteiger partial charge in [0.25, 0.3) is 5.91 Å². The normalized spacial score (nSPS) is 17.7. The molecule has 0 saturated carbocycles. The molecule has 3 heterocycles. The number of aromatic nitrogens is 1. The van der Waals surface area contributed by atoms with Crippen molar-refractivity contribution in [3.63, 3.8) is 0 Å². The average Bonchev–Trinajstić information content (AvgIpc) is 3.24. The first-order valence-electron chi connectivity index (χ1n) is 9.67. The Balaban J connectivity index is 1.36. The van der Waals surface area contributed by atoms with Crippen LogP contribution in [0.3, 0.4) is 0 Å². The molecule has 0 radical (unpaired) electrons. The van der Waals surface area contributed by atoms with Crippen LogP contribution in [0.4, 0.5) is 4.79 Å². The van der Waals surface area contributed by atoms with Crippen molar-refractivity contribution in [1.82, 2.24) is 19.9 Å². The molecule has 28 heavy (non-hydrogen) atoms. The molecule has 148 valence electrons. The van der Waals surface area contributed by atoms with Crippen LogP contribution in [-0.4, -0.2) is 71.1 Å². The first kappa shape index (κ1) is 18.8. The molecule has 0 N–H and O–H groups in total. The fourth-order valence-corrected chi connectivity index (χ4v) is 3.89. The van der Waals surface area contributed by atoms with Gasteiger partial charge >= 0.3 is 6.03 Å². The van der Waals surface area contributed by atoms with Crippen molar-refractivity contribution in [3.8, 4) is 11.3 Å². The van der Waals surface area contributed by atoms with Gasteiger partial charge in [0.1, 0.15) is 0 Å². The van der Waals surface area contributed by atoms with Gasteiger partial charge in [0.05, 0.1) is 0 Å². The van der Waals surface area contributed by atoms with E-state index in [9.17, 15) is 9.59 Å². The number of carbonyl (C=O) groups is 2. The Labute approximate surface area is 168 Å². The van der Waals surface area contributed by atoms with Crippen LogP contribution in [-0.2, 0) is 0 Å². The third-order valence-electron chi connectivity index (χ3n) is 5.30. The molecule has 2 fully saturated rings. The van der Waals surface area contributed by atoms with E-state index >= 15 is 0 Å². The lowest BCUT2D eigenvalue weighted by atomic mass is 10.1. The minimum Gasteiger partial charge on any atom is -0.355 e. The highest BCUT2D eigenvalue weighted by Crippen LogP contribution is 2.24. The second-order valence-electron chi connectivity index (χ2n) is 7.20. The smallest absolute Gasteiger partial charge is 0.320 e. The summed E-state index contributed by atoms with van der Waals surface area (Å²) < 4.78 is 5.33. The van der Waals surface area contributed by atoms with E-state index in [0.717, 1.165) is 31.5 Å². The van der Waals surface area contributed by atoms with Gasteiger partial charge < -0.3 is 19.2 Å². The molecule has 0 atom stereocenters. The van der Waals surface area contributed by atoms with Crippen LogP contribution in [0, 0.1) is 0 Å². The Bertz CT molecular complexity index is 855. The highest BCUT2D eigenvalue weighted by atomic mass is 35.5. The summed E-state index contributed by atoms with van der Waals surface area (Å²) in [4.78, 5) is 30.8. The van der Waals surface area contributed by atoms with E-state index in [1.165, 1.54) is 6.42 Å². The summed E-state index contributed by atoms with van der Waals surface area (Å²) in [5.74, 6) is 0.326. The van der Waals surface area contributed by atoms with E-state index < -0.39 is 0 Å². The molecule has 2 saturated heterocycles. The highest BCUT2D eigenvalue weighted by Gasteiger charge is 2.29. The van der Waals surface area contributed by atoms with E-state index in [1.54, 1.807) is 23.1 Å². The van der Waals surface area contributed by atoms with Gasteiger partial charge in [-0.3, -0.25) is 4.79 Å². The van der Waals surface area contributed by atoms with Crippen LogP contribution in [0.1, 0.15) is 29.8 Å². The first-order valence-corrected chi connectivity index (χ1v) is 10.1. The molecule has 2 aliphatic rings. The number of halogens is 1. The van der Waals surface area contributed by atoms with Crippen LogP contribution < -0.4 is 0 Å². The van der Waals surface area contributed by atoms with Crippen LogP contribution >= 0.6 is 11.6 Å². The predicted molar refractivity (Wildman–Crippen MR) is 105 cm³/mol. The van der Waals surface area contributed by atoms with Crippen LogP contribution in [0.15, 0.2) is 34.9 Å². The van der Waals surface area contributed by atoms with Gasteiger partial charge in [0, 0.05) is 55.9 Å². The van der Waals surface area contributed by atoms with Crippen molar-refractivity contribution < 1.29 is 14.1 Å². The van der Waals surface area contributed by atoms with Gasteiger partial charge in [-0.2, -0.15) is 0 Å². The van der Waals surface area contributed by atoms with Gasteiger partial charge in [0.15, 0.2) is 11.5 Å². The summed E-state index contributed by atoms with van der Waals surface area (Å²) in [6.07, 6.45) is 3.34. The second-order valence-corrected chi connectivity index (χ2v) is 7.63. The van der Waals surface area contributed by atoms with Gasteiger partial charge in [-0.15, -0.1) is 0 Å². The van der Waals surface area contributed by atoms with Crippen molar-refractivity contribution in [2.45, 2.75) is 19.3 Å². The number of urea groups is 1. The lowest BCUT2D eigenvalue weighted by molar-refractivity contribution is 0.0623. The summed E-state index contributed by atoms with van der Waals surface area (Å²) in [6, 6.07) is 8.95. The van der Waals surface area contributed by atoms with Crippen LogP contribution in [0.25, 0.3) is 11.3 Å². The fourth-order valence-electron chi connectivity index (χ4n) is 3.70. The minimum atomic E-state index is -0.179. The van der Waals surface area contributed by atoms with Crippen LogP contribution in [0.5, 0.6) is 0 Å². The third-order valence-corrected chi connectivity index (χ3v) is 5.54. The molecule has 0 unspecified atom stereocenters. The summed E-state index contributed by atoms with van der Waals surface area (Å²) in [5.41, 5.74) is 1.04. The maximum absolute atomic E-state index is 12.8. The Morgan fingerprint density at radius 2 is 1.57 bits per heavy atom. The zero-order chi connectivity index (χ0) is 19.5. The van der Waals surface area contributed by atoms with E-state index in [-0.39, 0.29) is 17.6 Å². The largest absolute Gasteiger partial charge is 0.355 e. The Morgan fingerprint density at radius 3 is 2.29 bits per heavy atom. The predicted octanol–water partition coefficient (Wildman–Crippen LogP) is 3.36. The molecule has 1 aromatic carbocycles. The lowest BCUT2D eigenvalue weighted by Crippen LogP contribution is -2.54. The molecule has 8 heteroatoms. The summed E-state index contributed by atoms with van der Waals surface area (Å²) in [5, 5.41) is 4.52. The molecular weight excluding hydrogens is 380 g/mol. The number of amides is 3. The number of carbonyl (C=O) groups excluding carboxylic acids is 2. The molecule has 2 aliphatic heterocycles. The number of hydrogen-bond acceptors (Lipinski definition) is 4. The number of likely N-dealkylation sites (tertiary alicyclic amines) is 1. The molecule has 0 aliphatic carbocycles. The Hall–Kier alpha value is -2.54. The topological polar surface area (TPSA) is 69.9 Å². The van der Waals surface area contributed by atoms with E-state index in [0.29, 0.717) is 37.0 Å². The number of piperazine rings is 1. The van der Waals surface area contributed by atoms with Gasteiger partial charge in [-0.05, 0) is 31.4 Å². The lowest BCUT2D eigenvalue weighted by Gasteiger charge is -2.38. The first-order chi connectivity index (χ1) is 13.6. The van der Waals surface area contributed by atoms with Gasteiger partial charge in [-0.1, -0.05) is 28.9 Å². The zero-order valence-electron chi connectivity index (χ0n) is 15.6. The molecule has 1 aromatic heterocycles. The molecule has 0 bridgehead atoms.